The molecule has 0 spiro atoms. The van der Waals surface area contributed by atoms with E-state index in [-0.39, 0.29) is 11.0 Å². The van der Waals surface area contributed by atoms with Crippen LogP contribution in [0.25, 0.3) is 11.0 Å². The number of aromatic nitrogens is 2. The first-order valence-electron chi connectivity index (χ1n) is 5.45. The van der Waals surface area contributed by atoms with Crippen LogP contribution in [0, 0.1) is 5.92 Å². The number of carbonyl (C=O) groups excluding carboxylic acids is 1. The van der Waals surface area contributed by atoms with Crippen LogP contribution in [0.5, 0.6) is 0 Å². The maximum absolute atomic E-state index is 11.6. The van der Waals surface area contributed by atoms with Gasteiger partial charge in [-0.3, -0.25) is 9.59 Å². The summed E-state index contributed by atoms with van der Waals surface area (Å²) in [6.07, 6.45) is 0. The zero-order valence-corrected chi connectivity index (χ0v) is 10.7. The molecule has 2 rings (SSSR count). The maximum Gasteiger partial charge on any atom is 0.315 e. The van der Waals surface area contributed by atoms with Crippen molar-refractivity contribution in [2.45, 2.75) is 6.92 Å². The minimum atomic E-state index is -1.22. The molecule has 0 saturated carbocycles. The molecule has 0 aliphatic carbocycles. The summed E-state index contributed by atoms with van der Waals surface area (Å²) in [6.45, 7) is 1.28. The predicted molar refractivity (Wildman–Crippen MR) is 70.0 cm³/mol. The second-order valence-corrected chi connectivity index (χ2v) is 4.26. The summed E-state index contributed by atoms with van der Waals surface area (Å²) in [4.78, 5) is 30.5. The summed E-state index contributed by atoms with van der Waals surface area (Å²) < 4.78 is 0. The SMILES string of the molecule is CC(C(=O)O)C(=O)Nc1nc2ccccc2nc1Cl. The zero-order chi connectivity index (χ0) is 14.0. The Bertz CT molecular complexity index is 660. The molecule has 19 heavy (non-hydrogen) atoms. The lowest BCUT2D eigenvalue weighted by Crippen LogP contribution is -2.27. The monoisotopic (exact) mass is 279 g/mol. The highest BCUT2D eigenvalue weighted by Crippen LogP contribution is 2.21. The number of rotatable bonds is 3. The zero-order valence-electron chi connectivity index (χ0n) is 9.92. The molecule has 0 aliphatic heterocycles. The second kappa shape index (κ2) is 5.19. The van der Waals surface area contributed by atoms with Gasteiger partial charge in [-0.15, -0.1) is 0 Å². The molecule has 0 radical (unpaired) electrons. The van der Waals surface area contributed by atoms with Crippen LogP contribution >= 0.6 is 11.6 Å². The Kier molecular flexibility index (Phi) is 3.62. The van der Waals surface area contributed by atoms with E-state index in [1.54, 1.807) is 24.3 Å². The molecule has 0 fully saturated rings. The fourth-order valence-electron chi connectivity index (χ4n) is 1.40. The molecular formula is C12H10ClN3O3. The quantitative estimate of drug-likeness (QED) is 0.838. The number of benzene rings is 1. The Labute approximate surface area is 113 Å². The number of carboxylic acids is 1. The molecule has 1 unspecified atom stereocenters. The summed E-state index contributed by atoms with van der Waals surface area (Å²) in [6, 6.07) is 7.02. The number of para-hydroxylation sites is 2. The molecule has 1 aromatic carbocycles. The Balaban J connectivity index is 2.33. The average molecular weight is 280 g/mol. The topological polar surface area (TPSA) is 92.2 Å². The van der Waals surface area contributed by atoms with Crippen LogP contribution in [0.2, 0.25) is 5.15 Å². The normalized spacial score (nSPS) is 12.1. The van der Waals surface area contributed by atoms with Crippen LogP contribution in [-0.2, 0) is 9.59 Å². The number of amides is 1. The van der Waals surface area contributed by atoms with Gasteiger partial charge in [0.1, 0.15) is 5.92 Å². The molecule has 0 bridgehead atoms. The van der Waals surface area contributed by atoms with Gasteiger partial charge >= 0.3 is 5.97 Å². The van der Waals surface area contributed by atoms with Gasteiger partial charge in [-0.1, -0.05) is 23.7 Å². The van der Waals surface area contributed by atoms with E-state index in [4.69, 9.17) is 16.7 Å². The van der Waals surface area contributed by atoms with Gasteiger partial charge in [0.2, 0.25) is 5.91 Å². The number of carbonyl (C=O) groups is 2. The number of nitrogens with zero attached hydrogens (tertiary/aromatic N) is 2. The van der Waals surface area contributed by atoms with Crippen molar-refractivity contribution in [2.75, 3.05) is 5.32 Å². The molecule has 2 aromatic rings. The minimum absolute atomic E-state index is 0.0182. The van der Waals surface area contributed by atoms with Crippen molar-refractivity contribution in [2.24, 2.45) is 5.92 Å². The van der Waals surface area contributed by atoms with E-state index in [9.17, 15) is 9.59 Å². The smallest absolute Gasteiger partial charge is 0.315 e. The van der Waals surface area contributed by atoms with E-state index in [1.807, 2.05) is 0 Å². The van der Waals surface area contributed by atoms with Crippen LogP contribution < -0.4 is 5.32 Å². The highest BCUT2D eigenvalue weighted by atomic mass is 35.5. The molecule has 1 atom stereocenters. The van der Waals surface area contributed by atoms with Crippen LogP contribution in [0.4, 0.5) is 5.82 Å². The average Bonchev–Trinajstić information content (AvgIpc) is 2.38. The minimum Gasteiger partial charge on any atom is -0.481 e. The Morgan fingerprint density at radius 2 is 1.84 bits per heavy atom. The van der Waals surface area contributed by atoms with Gasteiger partial charge in [-0.2, -0.15) is 0 Å². The fraction of sp³-hybridized carbons (Fsp3) is 0.167. The predicted octanol–water partition coefficient (Wildman–Crippen LogP) is 1.94. The van der Waals surface area contributed by atoms with Gasteiger partial charge in [0.15, 0.2) is 11.0 Å². The highest BCUT2D eigenvalue weighted by Gasteiger charge is 2.22. The summed E-state index contributed by atoms with van der Waals surface area (Å²) >= 11 is 5.90. The largest absolute Gasteiger partial charge is 0.481 e. The Morgan fingerprint density at radius 1 is 1.26 bits per heavy atom. The van der Waals surface area contributed by atoms with Gasteiger partial charge in [-0.25, -0.2) is 9.97 Å². The van der Waals surface area contributed by atoms with Crippen molar-refractivity contribution in [3.05, 3.63) is 29.4 Å². The summed E-state index contributed by atoms with van der Waals surface area (Å²) in [7, 11) is 0. The molecule has 6 nitrogen and oxygen atoms in total. The van der Waals surface area contributed by atoms with Crippen molar-refractivity contribution in [3.63, 3.8) is 0 Å². The molecule has 7 heteroatoms. The second-order valence-electron chi connectivity index (χ2n) is 3.90. The van der Waals surface area contributed by atoms with Gasteiger partial charge in [0.25, 0.3) is 0 Å². The summed E-state index contributed by atoms with van der Waals surface area (Å²) in [5.74, 6) is -3.05. The lowest BCUT2D eigenvalue weighted by atomic mass is 10.2. The molecule has 1 amide bonds. The first-order valence-corrected chi connectivity index (χ1v) is 5.83. The van der Waals surface area contributed by atoms with Crippen LogP contribution in [-0.4, -0.2) is 27.0 Å². The third-order valence-corrected chi connectivity index (χ3v) is 2.80. The van der Waals surface area contributed by atoms with E-state index in [0.29, 0.717) is 11.0 Å². The molecular weight excluding hydrogens is 270 g/mol. The first kappa shape index (κ1) is 13.2. The van der Waals surface area contributed by atoms with Gasteiger partial charge in [0.05, 0.1) is 11.0 Å². The Morgan fingerprint density at radius 3 is 2.42 bits per heavy atom. The van der Waals surface area contributed by atoms with E-state index in [2.05, 4.69) is 15.3 Å². The highest BCUT2D eigenvalue weighted by molar-refractivity contribution is 6.32. The number of aliphatic carboxylic acids is 1. The first-order chi connectivity index (χ1) is 8.99. The van der Waals surface area contributed by atoms with Crippen molar-refractivity contribution >= 4 is 40.3 Å². The number of hydrogen-bond donors (Lipinski definition) is 2. The molecule has 0 aliphatic rings. The van der Waals surface area contributed by atoms with Gasteiger partial charge in [0, 0.05) is 0 Å². The molecule has 1 heterocycles. The number of nitrogens with one attached hydrogen (secondary N) is 1. The lowest BCUT2D eigenvalue weighted by molar-refractivity contribution is -0.144. The lowest BCUT2D eigenvalue weighted by Gasteiger charge is -2.09. The molecule has 2 N–H and O–H groups in total. The third kappa shape index (κ3) is 2.79. The number of carboxylic acid groups (broad SMARTS) is 1. The van der Waals surface area contributed by atoms with Crippen LogP contribution in [0.15, 0.2) is 24.3 Å². The van der Waals surface area contributed by atoms with E-state index >= 15 is 0 Å². The van der Waals surface area contributed by atoms with Crippen LogP contribution in [0.3, 0.4) is 0 Å². The van der Waals surface area contributed by atoms with E-state index in [1.165, 1.54) is 6.92 Å². The van der Waals surface area contributed by atoms with Crippen molar-refractivity contribution in [3.8, 4) is 0 Å². The molecule has 98 valence electrons. The number of hydrogen-bond acceptors (Lipinski definition) is 4. The maximum atomic E-state index is 11.6. The fourth-order valence-corrected chi connectivity index (χ4v) is 1.58. The van der Waals surface area contributed by atoms with Gasteiger partial charge < -0.3 is 10.4 Å². The van der Waals surface area contributed by atoms with Crippen molar-refractivity contribution < 1.29 is 14.7 Å². The molecule has 0 saturated heterocycles. The Hall–Kier alpha value is -2.21. The van der Waals surface area contributed by atoms with Crippen molar-refractivity contribution in [1.82, 2.24) is 9.97 Å². The van der Waals surface area contributed by atoms with Crippen molar-refractivity contribution in [1.29, 1.82) is 0 Å². The van der Waals surface area contributed by atoms with Crippen LogP contribution in [0.1, 0.15) is 6.92 Å². The number of anilines is 1. The van der Waals surface area contributed by atoms with E-state index < -0.39 is 17.8 Å². The summed E-state index contributed by atoms with van der Waals surface area (Å²) in [5, 5.41) is 11.1. The number of halogens is 1. The summed E-state index contributed by atoms with van der Waals surface area (Å²) in [5.41, 5.74) is 1.15. The standard InChI is InChI=1S/C12H10ClN3O3/c1-6(12(18)19)11(17)16-10-9(13)14-7-4-2-3-5-8(7)15-10/h2-6H,1H3,(H,18,19)(H,15,16,17). The molecule has 1 aromatic heterocycles. The van der Waals surface area contributed by atoms with Gasteiger partial charge in [-0.05, 0) is 19.1 Å². The van der Waals surface area contributed by atoms with E-state index in [0.717, 1.165) is 0 Å². The third-order valence-electron chi connectivity index (χ3n) is 2.53. The number of fused-ring (bicyclic) bond motifs is 1.